The van der Waals surface area contributed by atoms with Crippen LogP contribution in [-0.2, 0) is 0 Å². The summed E-state index contributed by atoms with van der Waals surface area (Å²) in [6, 6.07) is 21.0. The fraction of sp³-hybridized carbons (Fsp3) is 0.0833. The van der Waals surface area contributed by atoms with E-state index in [0.717, 1.165) is 43.8 Å². The average Bonchev–Trinajstić information content (AvgIpc) is 3.73. The highest BCUT2D eigenvalue weighted by Crippen LogP contribution is 2.48. The lowest BCUT2D eigenvalue weighted by Crippen LogP contribution is -2.11. The molecule has 9 rings (SSSR count). The molecule has 0 aliphatic carbocycles. The zero-order chi connectivity index (χ0) is 44.4. The molecule has 52 heavy (non-hydrogen) atoms. The van der Waals surface area contributed by atoms with E-state index < -0.39 is 60.4 Å². The SMILES string of the molecule is [2H]c1c([2H])c([2H])c(-c2c(C#N)c(-n3c4ccc(C)cc4c4cc(C)ccc43)c(-c3c([2H])c([2H])c([2H])c([2H])c3[2H])c(C#N)c2-n2c3ccc(C)cc3c3cc(C)ccc32)c([2H])c1[2H]. The standard InChI is InChI=1S/C48H34N4/c1-29-15-19-41-35(23-29)36-24-30(2)16-20-42(36)51(41)47-39(27-49)46(34-13-9-6-10-14-34)48(40(28-50)45(47)33-11-7-5-8-12-33)52-43-21-17-31(3)25-37(43)38-26-32(4)18-22-44(38)52/h5-26H,1-4H3/i5D,6D,7D,8D,9D,10D,11D,12D,13D,14D. The Labute approximate surface area is 316 Å². The topological polar surface area (TPSA) is 57.4 Å². The lowest BCUT2D eigenvalue weighted by molar-refractivity contribution is 1.13. The summed E-state index contributed by atoms with van der Waals surface area (Å²) in [6.45, 7) is 7.74. The first-order valence-corrected chi connectivity index (χ1v) is 16.7. The molecule has 0 N–H and O–H groups in total. The Morgan fingerprint density at radius 1 is 0.442 bits per heavy atom. The molecule has 7 aromatic carbocycles. The minimum Gasteiger partial charge on any atom is -0.307 e. The number of nitriles is 2. The first-order valence-electron chi connectivity index (χ1n) is 21.7. The zero-order valence-corrected chi connectivity index (χ0v) is 28.7. The van der Waals surface area contributed by atoms with Crippen molar-refractivity contribution in [3.63, 3.8) is 0 Å². The summed E-state index contributed by atoms with van der Waals surface area (Å²) < 4.78 is 93.4. The van der Waals surface area contributed by atoms with Crippen LogP contribution in [0.4, 0.5) is 0 Å². The number of rotatable bonds is 4. The maximum Gasteiger partial charge on any atom is 0.102 e. The van der Waals surface area contributed by atoms with Crippen molar-refractivity contribution in [2.45, 2.75) is 27.7 Å². The van der Waals surface area contributed by atoms with Crippen LogP contribution in [0, 0.1) is 50.4 Å². The van der Waals surface area contributed by atoms with Crippen molar-refractivity contribution in [3.8, 4) is 45.8 Å². The van der Waals surface area contributed by atoms with Gasteiger partial charge < -0.3 is 9.13 Å². The summed E-state index contributed by atoms with van der Waals surface area (Å²) in [5, 5.41) is 26.7. The van der Waals surface area contributed by atoms with Gasteiger partial charge in [0.15, 0.2) is 0 Å². The van der Waals surface area contributed by atoms with Crippen molar-refractivity contribution in [1.82, 2.24) is 9.13 Å². The van der Waals surface area contributed by atoms with E-state index in [4.69, 9.17) is 8.22 Å². The van der Waals surface area contributed by atoms with Crippen LogP contribution >= 0.6 is 0 Å². The van der Waals surface area contributed by atoms with Crippen LogP contribution in [0.5, 0.6) is 0 Å². The van der Waals surface area contributed by atoms with E-state index >= 15 is 0 Å². The molecular formula is C48H34N4. The highest BCUT2D eigenvalue weighted by atomic mass is 15.0. The third kappa shape index (κ3) is 4.59. The molecule has 0 unspecified atom stereocenters. The molecule has 4 nitrogen and oxygen atoms in total. The van der Waals surface area contributed by atoms with Crippen LogP contribution < -0.4 is 0 Å². The van der Waals surface area contributed by atoms with Crippen LogP contribution in [0.1, 0.15) is 47.1 Å². The summed E-state index contributed by atoms with van der Waals surface area (Å²) in [5.41, 5.74) is 4.23. The number of aryl methyl sites for hydroxylation is 4. The van der Waals surface area contributed by atoms with Gasteiger partial charge >= 0.3 is 0 Å². The molecule has 246 valence electrons. The number of benzene rings is 7. The maximum absolute atomic E-state index is 11.8. The number of hydrogen-bond donors (Lipinski definition) is 0. The molecule has 4 heteroatoms. The third-order valence-electron chi connectivity index (χ3n) is 9.77. The van der Waals surface area contributed by atoms with E-state index in [0.29, 0.717) is 22.1 Å². The molecule has 0 aliphatic rings. The Morgan fingerprint density at radius 2 is 0.731 bits per heavy atom. The molecule has 0 saturated heterocycles. The second kappa shape index (κ2) is 11.9. The van der Waals surface area contributed by atoms with E-state index in [1.165, 1.54) is 0 Å². The fourth-order valence-corrected chi connectivity index (χ4v) is 7.61. The molecule has 2 heterocycles. The van der Waals surface area contributed by atoms with Crippen molar-refractivity contribution in [3.05, 3.63) is 167 Å². The summed E-state index contributed by atoms with van der Waals surface area (Å²) >= 11 is 0. The van der Waals surface area contributed by atoms with E-state index in [-0.39, 0.29) is 44.8 Å². The molecule has 0 saturated carbocycles. The van der Waals surface area contributed by atoms with Crippen LogP contribution in [0.25, 0.3) is 77.2 Å². The maximum atomic E-state index is 11.8. The smallest absolute Gasteiger partial charge is 0.102 e. The Kier molecular flexibility index (Phi) is 5.03. The molecule has 0 amide bonds. The molecule has 0 atom stereocenters. The molecule has 0 radical (unpaired) electrons. The Hall–Kier alpha value is -6.88. The Balaban J connectivity index is 1.69. The van der Waals surface area contributed by atoms with Crippen molar-refractivity contribution in [2.24, 2.45) is 0 Å². The van der Waals surface area contributed by atoms with Crippen molar-refractivity contribution in [1.29, 1.82) is 10.5 Å². The van der Waals surface area contributed by atoms with Gasteiger partial charge in [0, 0.05) is 32.7 Å². The predicted octanol–water partition coefficient (Wildman–Crippen LogP) is 12.2. The van der Waals surface area contributed by atoms with Gasteiger partial charge in [-0.3, -0.25) is 0 Å². The Morgan fingerprint density at radius 3 is 1.00 bits per heavy atom. The average molecular weight is 677 g/mol. The molecular weight excluding hydrogens is 633 g/mol. The van der Waals surface area contributed by atoms with Crippen LogP contribution in [0.3, 0.4) is 0 Å². The van der Waals surface area contributed by atoms with Crippen LogP contribution in [0.2, 0.25) is 0 Å². The highest BCUT2D eigenvalue weighted by molar-refractivity contribution is 6.13. The first-order chi connectivity index (χ1) is 29.5. The first kappa shape index (κ1) is 22.0. The molecule has 2 aromatic heterocycles. The number of nitrogens with zero attached hydrogens (tertiary/aromatic N) is 4. The van der Waals surface area contributed by atoms with Crippen molar-refractivity contribution >= 4 is 43.6 Å². The van der Waals surface area contributed by atoms with E-state index in [1.54, 1.807) is 9.13 Å². The third-order valence-corrected chi connectivity index (χ3v) is 9.77. The van der Waals surface area contributed by atoms with Gasteiger partial charge in [-0.05, 0) is 87.4 Å². The summed E-state index contributed by atoms with van der Waals surface area (Å²) in [4.78, 5) is 0. The normalized spacial score (nSPS) is 14.1. The van der Waals surface area contributed by atoms with Gasteiger partial charge in [0.1, 0.15) is 12.1 Å². The van der Waals surface area contributed by atoms with Gasteiger partial charge in [-0.25, -0.2) is 0 Å². The molecule has 9 aromatic rings. The largest absolute Gasteiger partial charge is 0.307 e. The van der Waals surface area contributed by atoms with Gasteiger partial charge in [0.05, 0.1) is 58.3 Å². The quantitative estimate of drug-likeness (QED) is 0.186. The number of hydrogen-bond acceptors (Lipinski definition) is 2. The van der Waals surface area contributed by atoms with Crippen LogP contribution in [0.15, 0.2) is 133 Å². The minimum atomic E-state index is -0.665. The minimum absolute atomic E-state index is 0.0618. The predicted molar refractivity (Wildman–Crippen MR) is 214 cm³/mol. The van der Waals surface area contributed by atoms with Crippen LogP contribution in [-0.4, -0.2) is 9.13 Å². The zero-order valence-electron chi connectivity index (χ0n) is 38.7. The van der Waals surface area contributed by atoms with Gasteiger partial charge in [-0.15, -0.1) is 0 Å². The second-order valence-corrected chi connectivity index (χ2v) is 13.2. The lowest BCUT2D eigenvalue weighted by atomic mass is 9.86. The van der Waals surface area contributed by atoms with Crippen molar-refractivity contribution < 1.29 is 13.7 Å². The molecule has 0 fully saturated rings. The Bertz CT molecular complexity index is 3190. The second-order valence-electron chi connectivity index (χ2n) is 13.2. The molecule has 0 aliphatic heterocycles. The van der Waals surface area contributed by atoms with Gasteiger partial charge in [-0.1, -0.05) is 107 Å². The summed E-state index contributed by atoms with van der Waals surface area (Å²) in [5.74, 6) is 0. The molecule has 0 bridgehead atoms. The van der Waals surface area contributed by atoms with E-state index in [9.17, 15) is 16.0 Å². The monoisotopic (exact) mass is 676 g/mol. The van der Waals surface area contributed by atoms with Crippen molar-refractivity contribution in [2.75, 3.05) is 0 Å². The summed E-state index contributed by atoms with van der Waals surface area (Å²) in [7, 11) is 0. The lowest BCUT2D eigenvalue weighted by Gasteiger charge is -2.25. The summed E-state index contributed by atoms with van der Waals surface area (Å²) in [6.07, 6.45) is 0. The van der Waals surface area contributed by atoms with E-state index in [1.807, 2.05) is 100 Å². The van der Waals surface area contributed by atoms with E-state index in [2.05, 4.69) is 12.1 Å². The van der Waals surface area contributed by atoms with Gasteiger partial charge in [0.25, 0.3) is 0 Å². The highest BCUT2D eigenvalue weighted by Gasteiger charge is 2.31. The van der Waals surface area contributed by atoms with Gasteiger partial charge in [0.2, 0.25) is 0 Å². The number of fused-ring (bicyclic) bond motifs is 6. The number of aromatic nitrogens is 2. The fourth-order valence-electron chi connectivity index (χ4n) is 7.61. The van der Waals surface area contributed by atoms with Gasteiger partial charge in [-0.2, -0.15) is 10.5 Å². The molecule has 0 spiro atoms.